The highest BCUT2D eigenvalue weighted by Gasteiger charge is 2.13. The smallest absolute Gasteiger partial charge is 0.304 e. The third kappa shape index (κ3) is 2.58. The van der Waals surface area contributed by atoms with Gasteiger partial charge in [0.15, 0.2) is 0 Å². The number of hydrogen-bond acceptors (Lipinski definition) is 4. The first-order chi connectivity index (χ1) is 8.70. The quantitative estimate of drug-likeness (QED) is 0.804. The minimum absolute atomic E-state index is 0.474. The van der Waals surface area contributed by atoms with Crippen LogP contribution in [-0.2, 0) is 9.53 Å². The highest BCUT2D eigenvalue weighted by atomic mass is 16.5. The zero-order valence-corrected chi connectivity index (χ0v) is 9.88. The van der Waals surface area contributed by atoms with Crippen LogP contribution in [-0.4, -0.2) is 12.1 Å². The molecule has 1 atom stereocenters. The molecular weight excluding hydrogens is 228 g/mol. The Morgan fingerprint density at radius 1 is 1.50 bits per heavy atom. The predicted molar refractivity (Wildman–Crippen MR) is 67.8 cm³/mol. The van der Waals surface area contributed by atoms with Gasteiger partial charge < -0.3 is 10.1 Å². The number of carbonyl (C=O) groups excluding carboxylic acids is 1. The second-order valence-corrected chi connectivity index (χ2v) is 3.80. The fraction of sp³-hybridized carbons (Fsp3) is 0.143. The number of fused-ring (bicyclic) bond motifs is 1. The van der Waals surface area contributed by atoms with E-state index in [1.165, 1.54) is 6.92 Å². The van der Waals surface area contributed by atoms with Crippen LogP contribution in [0.3, 0.4) is 0 Å². The maximum Gasteiger partial charge on any atom is 0.304 e. The molecule has 0 saturated carbocycles. The molecule has 0 radical (unpaired) electrons. The summed E-state index contributed by atoms with van der Waals surface area (Å²) in [7, 11) is 0. The first-order valence-electron chi connectivity index (χ1n) is 5.52. The van der Waals surface area contributed by atoms with Crippen molar-refractivity contribution in [2.45, 2.75) is 13.0 Å². The van der Waals surface area contributed by atoms with Crippen LogP contribution < -0.4 is 5.32 Å². The summed E-state index contributed by atoms with van der Waals surface area (Å²) in [4.78, 5) is 10.9. The lowest BCUT2D eigenvalue weighted by Crippen LogP contribution is -2.16. The van der Waals surface area contributed by atoms with Crippen molar-refractivity contribution in [3.05, 3.63) is 47.7 Å². The van der Waals surface area contributed by atoms with Gasteiger partial charge in [-0.3, -0.25) is 4.79 Å². The Morgan fingerprint density at radius 3 is 3.00 bits per heavy atom. The van der Waals surface area contributed by atoms with Crippen molar-refractivity contribution >= 4 is 17.7 Å². The van der Waals surface area contributed by atoms with Crippen LogP contribution in [0.1, 0.15) is 18.1 Å². The SMILES string of the molecule is CC(=O)OC(C#N)/C=C1\NC=Cc2ccccc21. The number of nitriles is 1. The lowest BCUT2D eigenvalue weighted by Gasteiger charge is -2.16. The summed E-state index contributed by atoms with van der Waals surface area (Å²) in [6.07, 6.45) is 4.45. The molecule has 1 heterocycles. The monoisotopic (exact) mass is 240 g/mol. The van der Waals surface area contributed by atoms with Crippen molar-refractivity contribution in [2.24, 2.45) is 0 Å². The fourth-order valence-electron chi connectivity index (χ4n) is 1.75. The van der Waals surface area contributed by atoms with Crippen LogP contribution >= 0.6 is 0 Å². The van der Waals surface area contributed by atoms with E-state index in [2.05, 4.69) is 5.32 Å². The molecule has 4 nitrogen and oxygen atoms in total. The van der Waals surface area contributed by atoms with E-state index in [9.17, 15) is 4.79 Å². The minimum atomic E-state index is -0.885. The number of rotatable bonds is 2. The topological polar surface area (TPSA) is 62.1 Å². The molecule has 1 aliphatic heterocycles. The third-order valence-electron chi connectivity index (χ3n) is 2.49. The van der Waals surface area contributed by atoms with Gasteiger partial charge in [-0.15, -0.1) is 0 Å². The van der Waals surface area contributed by atoms with Gasteiger partial charge in [0.05, 0.1) is 0 Å². The van der Waals surface area contributed by atoms with Gasteiger partial charge in [-0.1, -0.05) is 24.3 Å². The molecule has 2 rings (SSSR count). The molecule has 4 heteroatoms. The van der Waals surface area contributed by atoms with E-state index in [4.69, 9.17) is 10.00 Å². The van der Waals surface area contributed by atoms with E-state index in [-0.39, 0.29) is 0 Å². The van der Waals surface area contributed by atoms with Crippen LogP contribution in [0.5, 0.6) is 0 Å². The number of esters is 1. The normalized spacial score (nSPS) is 16.3. The van der Waals surface area contributed by atoms with E-state index in [1.54, 1.807) is 12.3 Å². The molecule has 90 valence electrons. The van der Waals surface area contributed by atoms with E-state index in [1.807, 2.05) is 36.4 Å². The minimum Gasteiger partial charge on any atom is -0.443 e. The van der Waals surface area contributed by atoms with Gasteiger partial charge in [-0.2, -0.15) is 5.26 Å². The van der Waals surface area contributed by atoms with Gasteiger partial charge >= 0.3 is 5.97 Å². The van der Waals surface area contributed by atoms with Crippen LogP contribution in [0.25, 0.3) is 11.8 Å². The molecule has 0 aliphatic carbocycles. The number of hydrogen-bond donors (Lipinski definition) is 1. The van der Waals surface area contributed by atoms with Gasteiger partial charge in [-0.05, 0) is 17.7 Å². The molecule has 0 spiro atoms. The number of ether oxygens (including phenoxy) is 1. The van der Waals surface area contributed by atoms with Gasteiger partial charge in [0.2, 0.25) is 6.10 Å². The van der Waals surface area contributed by atoms with Crippen molar-refractivity contribution in [2.75, 3.05) is 0 Å². The van der Waals surface area contributed by atoms with E-state index in [0.29, 0.717) is 0 Å². The zero-order chi connectivity index (χ0) is 13.0. The average molecular weight is 240 g/mol. The van der Waals surface area contributed by atoms with Crippen molar-refractivity contribution in [3.63, 3.8) is 0 Å². The molecule has 1 aromatic rings. The lowest BCUT2D eigenvalue weighted by atomic mass is 10.0. The molecule has 1 aromatic carbocycles. The van der Waals surface area contributed by atoms with Gasteiger partial charge in [0.25, 0.3) is 0 Å². The largest absolute Gasteiger partial charge is 0.443 e. The Balaban J connectivity index is 2.32. The zero-order valence-electron chi connectivity index (χ0n) is 9.88. The van der Waals surface area contributed by atoms with Crippen LogP contribution in [0, 0.1) is 11.3 Å². The van der Waals surface area contributed by atoms with E-state index >= 15 is 0 Å². The molecule has 0 aromatic heterocycles. The lowest BCUT2D eigenvalue weighted by molar-refractivity contribution is -0.142. The van der Waals surface area contributed by atoms with Gasteiger partial charge in [0.1, 0.15) is 6.07 Å². The molecule has 18 heavy (non-hydrogen) atoms. The van der Waals surface area contributed by atoms with Crippen LogP contribution in [0.2, 0.25) is 0 Å². The van der Waals surface area contributed by atoms with Crippen molar-refractivity contribution in [1.82, 2.24) is 5.32 Å². The van der Waals surface area contributed by atoms with Crippen molar-refractivity contribution < 1.29 is 9.53 Å². The molecule has 1 unspecified atom stereocenters. The summed E-state index contributed by atoms with van der Waals surface area (Å²) in [6, 6.07) is 9.71. The summed E-state index contributed by atoms with van der Waals surface area (Å²) in [5.74, 6) is -0.474. The van der Waals surface area contributed by atoms with Crippen molar-refractivity contribution in [3.8, 4) is 6.07 Å². The Labute approximate surface area is 105 Å². The standard InChI is InChI=1S/C14H12N2O2/c1-10(17)18-12(9-15)8-14-13-5-3-2-4-11(13)6-7-16-14/h2-8,12,16H,1H3/b14-8-. The second-order valence-electron chi connectivity index (χ2n) is 3.80. The fourth-order valence-corrected chi connectivity index (χ4v) is 1.75. The van der Waals surface area contributed by atoms with E-state index in [0.717, 1.165) is 16.8 Å². The molecule has 0 fully saturated rings. The number of benzene rings is 1. The predicted octanol–water partition coefficient (Wildman–Crippen LogP) is 2.06. The van der Waals surface area contributed by atoms with Crippen LogP contribution in [0.15, 0.2) is 36.5 Å². The molecule has 1 N–H and O–H groups in total. The van der Waals surface area contributed by atoms with Crippen LogP contribution in [0.4, 0.5) is 0 Å². The highest BCUT2D eigenvalue weighted by Crippen LogP contribution is 2.22. The number of carbonyl (C=O) groups is 1. The third-order valence-corrected chi connectivity index (χ3v) is 2.49. The van der Waals surface area contributed by atoms with Crippen molar-refractivity contribution in [1.29, 1.82) is 5.26 Å². The molecule has 0 amide bonds. The summed E-state index contributed by atoms with van der Waals surface area (Å²) >= 11 is 0. The Morgan fingerprint density at radius 2 is 2.28 bits per heavy atom. The van der Waals surface area contributed by atoms with E-state index < -0.39 is 12.1 Å². The Bertz CT molecular complexity index is 567. The summed E-state index contributed by atoms with van der Waals surface area (Å²) in [6.45, 7) is 1.28. The van der Waals surface area contributed by atoms with Gasteiger partial charge in [0, 0.05) is 24.4 Å². The number of nitrogens with zero attached hydrogens (tertiary/aromatic N) is 1. The Kier molecular flexibility index (Phi) is 3.44. The summed E-state index contributed by atoms with van der Waals surface area (Å²) in [5.41, 5.74) is 2.80. The average Bonchev–Trinajstić information content (AvgIpc) is 2.38. The second kappa shape index (κ2) is 5.19. The summed E-state index contributed by atoms with van der Waals surface area (Å²) in [5, 5.41) is 12.0. The molecule has 0 bridgehead atoms. The first kappa shape index (κ1) is 11.9. The first-order valence-corrected chi connectivity index (χ1v) is 5.52. The molecule has 1 aliphatic rings. The molecular formula is C14H12N2O2. The maximum atomic E-state index is 10.9. The highest BCUT2D eigenvalue weighted by molar-refractivity contribution is 5.78. The maximum absolute atomic E-state index is 10.9. The summed E-state index contributed by atoms with van der Waals surface area (Å²) < 4.78 is 4.88. The Hall–Kier alpha value is -2.54. The number of nitrogens with one attached hydrogen (secondary N) is 1. The molecule has 0 saturated heterocycles. The van der Waals surface area contributed by atoms with Gasteiger partial charge in [-0.25, -0.2) is 0 Å².